The summed E-state index contributed by atoms with van der Waals surface area (Å²) in [5, 5.41) is 13.1. The highest BCUT2D eigenvalue weighted by Crippen LogP contribution is 2.33. The first-order chi connectivity index (χ1) is 15.8. The van der Waals surface area contributed by atoms with Crippen LogP contribution in [0.15, 0.2) is 28.4 Å². The molecule has 33 heavy (non-hydrogen) atoms. The number of hydrogen-bond donors (Lipinski definition) is 2. The van der Waals surface area contributed by atoms with Crippen LogP contribution in [0, 0.1) is 13.8 Å². The van der Waals surface area contributed by atoms with E-state index in [1.165, 1.54) is 16.9 Å². The van der Waals surface area contributed by atoms with Crippen LogP contribution in [0.1, 0.15) is 37.2 Å². The Morgan fingerprint density at radius 1 is 1.24 bits per heavy atom. The van der Waals surface area contributed by atoms with Crippen LogP contribution in [-0.2, 0) is 16.0 Å². The fourth-order valence-electron chi connectivity index (χ4n) is 3.92. The fourth-order valence-corrected chi connectivity index (χ4v) is 4.87. The van der Waals surface area contributed by atoms with Gasteiger partial charge in [0.15, 0.2) is 0 Å². The molecule has 0 aliphatic carbocycles. The van der Waals surface area contributed by atoms with E-state index in [9.17, 15) is 9.90 Å². The number of ether oxygens (including phenoxy) is 2. The maximum Gasteiger partial charge on any atom is 0.260 e. The van der Waals surface area contributed by atoms with E-state index in [2.05, 4.69) is 41.9 Å². The Kier molecular flexibility index (Phi) is 9.17. The van der Waals surface area contributed by atoms with Crippen molar-refractivity contribution >= 4 is 21.6 Å². The molecule has 0 saturated heterocycles. The Hall–Kier alpha value is -2.10. The van der Waals surface area contributed by atoms with Gasteiger partial charge < -0.3 is 19.6 Å². The van der Waals surface area contributed by atoms with Gasteiger partial charge in [-0.15, -0.1) is 11.3 Å². The lowest BCUT2D eigenvalue weighted by Gasteiger charge is -2.25. The van der Waals surface area contributed by atoms with E-state index in [-0.39, 0.29) is 18.3 Å². The molecular weight excluding hydrogens is 438 g/mol. The molecule has 0 spiro atoms. The Bertz CT molecular complexity index is 1110. The van der Waals surface area contributed by atoms with Gasteiger partial charge in [0.05, 0.1) is 30.7 Å². The lowest BCUT2D eigenvalue weighted by Crippen LogP contribution is -2.37. The van der Waals surface area contributed by atoms with Gasteiger partial charge in [0.1, 0.15) is 10.7 Å². The molecule has 0 radical (unpaired) electrons. The Balaban J connectivity index is 1.83. The third-order valence-corrected chi connectivity index (χ3v) is 6.32. The maximum atomic E-state index is 13.1. The monoisotopic (exact) mass is 473 g/mol. The molecule has 0 aliphatic heterocycles. The highest BCUT2D eigenvalue weighted by molar-refractivity contribution is 7.17. The summed E-state index contributed by atoms with van der Waals surface area (Å²) < 4.78 is 10.7. The lowest BCUT2D eigenvalue weighted by atomic mass is 9.99. The van der Waals surface area contributed by atoms with Gasteiger partial charge in [0.2, 0.25) is 0 Å². The number of fused-ring (bicyclic) bond motifs is 1. The number of thiophene rings is 1. The molecule has 0 amide bonds. The van der Waals surface area contributed by atoms with E-state index in [1.807, 2.05) is 19.2 Å². The van der Waals surface area contributed by atoms with E-state index >= 15 is 0 Å². The second-order valence-corrected chi connectivity index (χ2v) is 9.64. The number of aromatic amines is 1. The van der Waals surface area contributed by atoms with Crippen molar-refractivity contribution in [2.75, 3.05) is 33.4 Å². The number of aliphatic hydroxyl groups is 1. The molecule has 7 nitrogen and oxygen atoms in total. The normalized spacial score (nSPS) is 12.8. The molecule has 3 rings (SSSR count). The third-order valence-electron chi connectivity index (χ3n) is 5.45. The number of aromatic nitrogens is 2. The van der Waals surface area contributed by atoms with Crippen molar-refractivity contribution in [1.29, 1.82) is 0 Å². The summed E-state index contributed by atoms with van der Waals surface area (Å²) in [6.45, 7) is 10.5. The molecular formula is C25H35N3O4S. The Morgan fingerprint density at radius 2 is 2.03 bits per heavy atom. The Morgan fingerprint density at radius 3 is 2.73 bits per heavy atom. The number of aryl methyl sites for hydroxylation is 2. The molecule has 0 bridgehead atoms. The Labute approximate surface area is 199 Å². The summed E-state index contributed by atoms with van der Waals surface area (Å²) in [5.41, 5.74) is 4.18. The smallest absolute Gasteiger partial charge is 0.260 e. The second-order valence-electron chi connectivity index (χ2n) is 8.78. The van der Waals surface area contributed by atoms with Gasteiger partial charge in [0.25, 0.3) is 5.56 Å². The molecule has 3 aromatic rings. The molecule has 2 aromatic heterocycles. The third kappa shape index (κ3) is 6.94. The number of nitrogens with one attached hydrogen (secondary N) is 1. The van der Waals surface area contributed by atoms with Gasteiger partial charge in [-0.1, -0.05) is 23.8 Å². The molecule has 180 valence electrons. The summed E-state index contributed by atoms with van der Waals surface area (Å²) >= 11 is 1.48. The summed E-state index contributed by atoms with van der Waals surface area (Å²) in [7, 11) is 1.67. The minimum atomic E-state index is -0.622. The van der Waals surface area contributed by atoms with Crippen LogP contribution in [0.4, 0.5) is 0 Å². The molecule has 0 aliphatic rings. The first kappa shape index (κ1) is 25.5. The number of nitrogens with zero attached hydrogens (tertiary/aromatic N) is 2. The molecule has 1 atom stereocenters. The zero-order valence-electron chi connectivity index (χ0n) is 20.2. The van der Waals surface area contributed by atoms with E-state index in [0.717, 1.165) is 27.9 Å². The highest BCUT2D eigenvalue weighted by atomic mass is 32.1. The van der Waals surface area contributed by atoms with Gasteiger partial charge in [0, 0.05) is 37.7 Å². The van der Waals surface area contributed by atoms with Crippen molar-refractivity contribution in [3.63, 3.8) is 0 Å². The van der Waals surface area contributed by atoms with Crippen LogP contribution >= 0.6 is 11.3 Å². The van der Waals surface area contributed by atoms with Gasteiger partial charge >= 0.3 is 0 Å². The van der Waals surface area contributed by atoms with Crippen LogP contribution in [-0.4, -0.2) is 65.6 Å². The van der Waals surface area contributed by atoms with Crippen LogP contribution in [0.25, 0.3) is 21.3 Å². The fraction of sp³-hybridized carbons (Fsp3) is 0.520. The van der Waals surface area contributed by atoms with E-state index in [0.29, 0.717) is 37.5 Å². The molecule has 2 heterocycles. The topological polar surface area (TPSA) is 87.7 Å². The van der Waals surface area contributed by atoms with Crippen LogP contribution in [0.3, 0.4) is 0 Å². The number of H-pyrrole nitrogens is 1. The molecule has 1 aromatic carbocycles. The number of aliphatic hydroxyl groups excluding tert-OH is 1. The van der Waals surface area contributed by atoms with Crippen LogP contribution in [0.5, 0.6) is 0 Å². The zero-order chi connectivity index (χ0) is 24.0. The van der Waals surface area contributed by atoms with Crippen LogP contribution in [0.2, 0.25) is 0 Å². The van der Waals surface area contributed by atoms with Crippen molar-refractivity contribution in [2.24, 2.45) is 0 Å². The number of benzene rings is 1. The quantitative estimate of drug-likeness (QED) is 0.388. The first-order valence-electron chi connectivity index (χ1n) is 11.4. The lowest BCUT2D eigenvalue weighted by molar-refractivity contribution is -0.0106. The van der Waals surface area contributed by atoms with Crippen LogP contribution < -0.4 is 5.56 Å². The minimum absolute atomic E-state index is 0.0622. The van der Waals surface area contributed by atoms with E-state index in [1.54, 1.807) is 7.11 Å². The largest absolute Gasteiger partial charge is 0.389 e. The number of methoxy groups -OCH3 is 1. The average Bonchev–Trinajstić information content (AvgIpc) is 3.16. The number of rotatable bonds is 12. The van der Waals surface area contributed by atoms with E-state index < -0.39 is 6.10 Å². The maximum absolute atomic E-state index is 13.1. The molecule has 0 fully saturated rings. The van der Waals surface area contributed by atoms with Gasteiger partial charge in [-0.2, -0.15) is 0 Å². The molecule has 2 N–H and O–H groups in total. The molecule has 8 heteroatoms. The summed E-state index contributed by atoms with van der Waals surface area (Å²) in [4.78, 5) is 23.6. The highest BCUT2D eigenvalue weighted by Gasteiger charge is 2.18. The number of hydrogen-bond acceptors (Lipinski definition) is 7. The van der Waals surface area contributed by atoms with Gasteiger partial charge in [-0.05, 0) is 45.2 Å². The van der Waals surface area contributed by atoms with Crippen molar-refractivity contribution in [2.45, 2.75) is 52.9 Å². The molecule has 0 unspecified atom stereocenters. The van der Waals surface area contributed by atoms with Crippen molar-refractivity contribution in [3.05, 3.63) is 50.9 Å². The second kappa shape index (κ2) is 11.9. The van der Waals surface area contributed by atoms with E-state index in [4.69, 9.17) is 14.5 Å². The standard InChI is InChI=1S/C25H35N3O4S/c1-16(2)32-14-19(29)12-28(9-6-10-31-5)13-22-26-24(30)23-21(15-33-25(23)27-22)20-8-7-17(3)11-18(20)4/h7-8,11,15-16,19,29H,6,9-10,12-14H2,1-5H3,(H,26,27,30)/t19-/m1/s1. The summed E-state index contributed by atoms with van der Waals surface area (Å²) in [6.07, 6.45) is 0.256. The minimum Gasteiger partial charge on any atom is -0.389 e. The SMILES string of the molecule is COCCCN(Cc1nc2scc(-c3ccc(C)cc3C)c2c(=O)[nH]1)C[C@@H](O)COC(C)C. The predicted octanol–water partition coefficient (Wildman–Crippen LogP) is 3.89. The van der Waals surface area contributed by atoms with Crippen molar-refractivity contribution in [3.8, 4) is 11.1 Å². The average molecular weight is 474 g/mol. The van der Waals surface area contributed by atoms with Crippen molar-refractivity contribution < 1.29 is 14.6 Å². The molecule has 0 saturated carbocycles. The summed E-state index contributed by atoms with van der Waals surface area (Å²) in [6, 6.07) is 6.26. The predicted molar refractivity (Wildman–Crippen MR) is 134 cm³/mol. The zero-order valence-corrected chi connectivity index (χ0v) is 21.0. The summed E-state index contributed by atoms with van der Waals surface area (Å²) in [5.74, 6) is 0.593. The van der Waals surface area contributed by atoms with Gasteiger partial charge in [-0.3, -0.25) is 9.69 Å². The first-order valence-corrected chi connectivity index (χ1v) is 12.3. The van der Waals surface area contributed by atoms with Crippen molar-refractivity contribution in [1.82, 2.24) is 14.9 Å². The van der Waals surface area contributed by atoms with Gasteiger partial charge in [-0.25, -0.2) is 4.98 Å².